The van der Waals surface area contributed by atoms with E-state index >= 15 is 0 Å². The fraction of sp³-hybridized carbons (Fsp3) is 0.222. The van der Waals surface area contributed by atoms with Gasteiger partial charge in [-0.3, -0.25) is 14.3 Å². The van der Waals surface area contributed by atoms with Crippen LogP contribution in [-0.4, -0.2) is 31.5 Å². The van der Waals surface area contributed by atoms with Crippen LogP contribution in [0, 0.1) is 0 Å². The highest BCUT2D eigenvalue weighted by Crippen LogP contribution is 2.21. The van der Waals surface area contributed by atoms with Crippen molar-refractivity contribution in [1.29, 1.82) is 0 Å². The predicted molar refractivity (Wildman–Crippen MR) is 98.9 cm³/mol. The van der Waals surface area contributed by atoms with Gasteiger partial charge in [0.2, 0.25) is 5.91 Å². The highest BCUT2D eigenvalue weighted by atomic mass is 16.1. The summed E-state index contributed by atoms with van der Waals surface area (Å²) in [5.41, 5.74) is 2.30. The van der Waals surface area contributed by atoms with Crippen molar-refractivity contribution in [2.24, 2.45) is 0 Å². The van der Waals surface area contributed by atoms with Gasteiger partial charge in [0, 0.05) is 11.7 Å². The molecule has 0 aliphatic rings. The van der Waals surface area contributed by atoms with Crippen LogP contribution in [-0.2, 0) is 4.79 Å². The van der Waals surface area contributed by atoms with E-state index in [0.29, 0.717) is 23.4 Å². The fourth-order valence-corrected chi connectivity index (χ4v) is 2.36. The third kappa shape index (κ3) is 3.65. The lowest BCUT2D eigenvalue weighted by Crippen LogP contribution is -2.15. The summed E-state index contributed by atoms with van der Waals surface area (Å²) in [6.45, 7) is 7.66. The molecule has 0 aliphatic carbocycles. The number of imidazole rings is 1. The number of amides is 1. The second kappa shape index (κ2) is 7.12. The number of hydrogen-bond acceptors (Lipinski definition) is 5. The lowest BCUT2D eigenvalue weighted by atomic mass is 10.2. The van der Waals surface area contributed by atoms with Gasteiger partial charge < -0.3 is 10.6 Å². The molecule has 1 aromatic carbocycles. The molecule has 128 valence electrons. The number of carbonyl (C=O) groups excluding carboxylic acids is 1. The number of anilines is 2. The summed E-state index contributed by atoms with van der Waals surface area (Å²) in [5.74, 6) is 1.11. The molecule has 2 heterocycles. The molecule has 0 aliphatic heterocycles. The molecule has 3 rings (SSSR count). The molecule has 7 heteroatoms. The van der Waals surface area contributed by atoms with Gasteiger partial charge in [0.25, 0.3) is 0 Å². The molecule has 2 aromatic heterocycles. The topological polar surface area (TPSA) is 84.7 Å². The number of hydrogen-bond donors (Lipinski definition) is 2. The number of nitrogens with one attached hydrogen (secondary N) is 2. The molecule has 0 radical (unpaired) electrons. The second-order valence-electron chi connectivity index (χ2n) is 5.73. The minimum Gasteiger partial charge on any atom is -0.366 e. The molecule has 0 saturated heterocycles. The minimum absolute atomic E-state index is 0.259. The van der Waals surface area contributed by atoms with Gasteiger partial charge in [0.05, 0.1) is 23.4 Å². The van der Waals surface area contributed by atoms with Crippen LogP contribution in [0.4, 0.5) is 11.5 Å². The number of rotatable bonds is 6. The van der Waals surface area contributed by atoms with E-state index in [4.69, 9.17) is 0 Å². The fourth-order valence-electron chi connectivity index (χ4n) is 2.36. The average molecular weight is 336 g/mol. The van der Waals surface area contributed by atoms with Crippen molar-refractivity contribution in [3.8, 4) is 5.82 Å². The second-order valence-corrected chi connectivity index (χ2v) is 5.73. The van der Waals surface area contributed by atoms with Crippen LogP contribution >= 0.6 is 0 Å². The summed E-state index contributed by atoms with van der Waals surface area (Å²) in [7, 11) is 0. The van der Waals surface area contributed by atoms with E-state index < -0.39 is 0 Å². The van der Waals surface area contributed by atoms with Gasteiger partial charge in [-0.05, 0) is 37.6 Å². The maximum Gasteiger partial charge on any atom is 0.247 e. The lowest BCUT2D eigenvalue weighted by molar-refractivity contribution is -0.111. The molecule has 0 spiro atoms. The van der Waals surface area contributed by atoms with E-state index in [9.17, 15) is 4.79 Å². The van der Waals surface area contributed by atoms with Gasteiger partial charge in [-0.15, -0.1) is 0 Å². The molecule has 2 N–H and O–H groups in total. The number of benzene rings is 1. The largest absolute Gasteiger partial charge is 0.366 e. The first kappa shape index (κ1) is 16.6. The van der Waals surface area contributed by atoms with Crippen LogP contribution in [0.3, 0.4) is 0 Å². The van der Waals surface area contributed by atoms with Crippen molar-refractivity contribution in [3.05, 3.63) is 49.6 Å². The van der Waals surface area contributed by atoms with Crippen LogP contribution in [0.25, 0.3) is 16.9 Å². The Morgan fingerprint density at radius 2 is 2.24 bits per heavy atom. The van der Waals surface area contributed by atoms with Crippen molar-refractivity contribution in [1.82, 2.24) is 19.5 Å². The Labute approximate surface area is 145 Å². The summed E-state index contributed by atoms with van der Waals surface area (Å²) in [6, 6.07) is 5.80. The number of aromatic nitrogens is 4. The zero-order valence-corrected chi connectivity index (χ0v) is 14.2. The zero-order chi connectivity index (χ0) is 17.8. The van der Waals surface area contributed by atoms with Crippen molar-refractivity contribution >= 4 is 28.4 Å². The van der Waals surface area contributed by atoms with Gasteiger partial charge in [-0.25, -0.2) is 9.97 Å². The van der Waals surface area contributed by atoms with Crippen LogP contribution in [0.5, 0.6) is 0 Å². The summed E-state index contributed by atoms with van der Waals surface area (Å²) < 4.78 is 1.84. The van der Waals surface area contributed by atoms with Crippen molar-refractivity contribution in [2.75, 3.05) is 10.6 Å². The molecule has 0 fully saturated rings. The Hall–Kier alpha value is -3.22. The van der Waals surface area contributed by atoms with Crippen molar-refractivity contribution in [3.63, 3.8) is 0 Å². The number of nitrogens with zero attached hydrogens (tertiary/aromatic N) is 4. The van der Waals surface area contributed by atoms with E-state index in [1.54, 1.807) is 24.8 Å². The summed E-state index contributed by atoms with van der Waals surface area (Å²) in [6.07, 6.45) is 7.30. The van der Waals surface area contributed by atoms with E-state index in [2.05, 4.69) is 46.0 Å². The highest BCUT2D eigenvalue weighted by molar-refractivity contribution is 6.00. The molecular formula is C18H20N6O. The molecular weight excluding hydrogens is 316 g/mol. The summed E-state index contributed by atoms with van der Waals surface area (Å²) in [5, 5.41) is 6.06. The Morgan fingerprint density at radius 1 is 1.40 bits per heavy atom. The molecule has 7 nitrogen and oxygen atoms in total. The average Bonchev–Trinajstić information content (AvgIpc) is 3.05. The Bertz CT molecular complexity index is 917. The van der Waals surface area contributed by atoms with Crippen LogP contribution in [0.2, 0.25) is 0 Å². The Morgan fingerprint density at radius 3 is 3.00 bits per heavy atom. The first-order chi connectivity index (χ1) is 12.1. The van der Waals surface area contributed by atoms with Gasteiger partial charge in [0.15, 0.2) is 5.82 Å². The summed E-state index contributed by atoms with van der Waals surface area (Å²) >= 11 is 0. The van der Waals surface area contributed by atoms with Gasteiger partial charge >= 0.3 is 0 Å². The maximum atomic E-state index is 11.5. The molecule has 1 amide bonds. The zero-order valence-electron chi connectivity index (χ0n) is 14.2. The van der Waals surface area contributed by atoms with Crippen molar-refractivity contribution < 1.29 is 4.79 Å². The smallest absolute Gasteiger partial charge is 0.247 e. The van der Waals surface area contributed by atoms with Gasteiger partial charge in [0.1, 0.15) is 12.1 Å². The summed E-state index contributed by atoms with van der Waals surface area (Å²) in [4.78, 5) is 24.8. The molecule has 0 bridgehead atoms. The van der Waals surface area contributed by atoms with Crippen molar-refractivity contribution in [2.45, 2.75) is 26.3 Å². The normalized spacial score (nSPS) is 11.9. The molecule has 3 aromatic rings. The standard InChI is InChI=1S/C18H20N6O/c1-4-12(3)21-16-9-19-10-17(23-16)24-11-20-14-7-6-13(8-15(14)24)22-18(25)5-2/h5-12H,2,4H2,1,3H3,(H,21,23)(H,22,25)/t12-/m1/s1. The third-order valence-electron chi connectivity index (χ3n) is 3.88. The first-order valence-corrected chi connectivity index (χ1v) is 8.10. The predicted octanol–water partition coefficient (Wildman–Crippen LogP) is 3.15. The lowest BCUT2D eigenvalue weighted by Gasteiger charge is -2.12. The first-order valence-electron chi connectivity index (χ1n) is 8.10. The third-order valence-corrected chi connectivity index (χ3v) is 3.88. The monoisotopic (exact) mass is 336 g/mol. The molecule has 25 heavy (non-hydrogen) atoms. The molecule has 0 unspecified atom stereocenters. The number of carbonyl (C=O) groups is 1. The number of fused-ring (bicyclic) bond motifs is 1. The van der Waals surface area contributed by atoms with E-state index in [1.165, 1.54) is 6.08 Å². The maximum absolute atomic E-state index is 11.5. The minimum atomic E-state index is -0.259. The van der Waals surface area contributed by atoms with Crippen LogP contribution in [0.1, 0.15) is 20.3 Å². The van der Waals surface area contributed by atoms with Gasteiger partial charge in [-0.2, -0.15) is 0 Å². The highest BCUT2D eigenvalue weighted by Gasteiger charge is 2.09. The SMILES string of the molecule is C=CC(=O)Nc1ccc2ncn(-c3cncc(N[C@H](C)CC)n3)c2c1. The van der Waals surface area contributed by atoms with Crippen LogP contribution < -0.4 is 10.6 Å². The Balaban J connectivity index is 1.98. The quantitative estimate of drug-likeness (QED) is 0.676. The molecule has 0 saturated carbocycles. The Kier molecular flexibility index (Phi) is 4.74. The van der Waals surface area contributed by atoms with E-state index in [1.807, 2.05) is 16.7 Å². The van der Waals surface area contributed by atoms with E-state index in [-0.39, 0.29) is 5.91 Å². The van der Waals surface area contributed by atoms with E-state index in [0.717, 1.165) is 17.5 Å². The van der Waals surface area contributed by atoms with Crippen LogP contribution in [0.15, 0.2) is 49.6 Å². The van der Waals surface area contributed by atoms with Gasteiger partial charge in [-0.1, -0.05) is 13.5 Å². The molecule has 1 atom stereocenters.